The SMILES string of the molecule is CCCCOC(=O)C(N)[Si](C)(C)Cc1ccc(F)cc1F. The lowest BCUT2D eigenvalue weighted by atomic mass is 10.2. The summed E-state index contributed by atoms with van der Waals surface area (Å²) < 4.78 is 31.8. The Morgan fingerprint density at radius 3 is 2.62 bits per heavy atom. The average Bonchev–Trinajstić information content (AvgIpc) is 2.41. The van der Waals surface area contributed by atoms with Crippen LogP contribution in [0.3, 0.4) is 0 Å². The molecule has 2 N–H and O–H groups in total. The summed E-state index contributed by atoms with van der Waals surface area (Å²) in [5.74, 6) is -1.64. The Balaban J connectivity index is 2.72. The molecule has 1 aromatic rings. The number of unbranched alkanes of at least 4 members (excludes halogenated alkanes) is 1. The molecule has 0 spiro atoms. The van der Waals surface area contributed by atoms with Crippen molar-refractivity contribution in [3.05, 3.63) is 35.4 Å². The van der Waals surface area contributed by atoms with Gasteiger partial charge in [-0.25, -0.2) is 8.78 Å². The van der Waals surface area contributed by atoms with Gasteiger partial charge in [-0.2, -0.15) is 0 Å². The second-order valence-electron chi connectivity index (χ2n) is 5.90. The first-order chi connectivity index (χ1) is 9.77. The summed E-state index contributed by atoms with van der Waals surface area (Å²) >= 11 is 0. The van der Waals surface area contributed by atoms with Crippen LogP contribution in [0.5, 0.6) is 0 Å². The van der Waals surface area contributed by atoms with Gasteiger partial charge in [0.1, 0.15) is 11.6 Å². The van der Waals surface area contributed by atoms with E-state index in [0.29, 0.717) is 18.2 Å². The van der Waals surface area contributed by atoms with Gasteiger partial charge in [0.25, 0.3) is 0 Å². The van der Waals surface area contributed by atoms with Crippen LogP contribution in [0.1, 0.15) is 25.3 Å². The van der Waals surface area contributed by atoms with Gasteiger partial charge in [-0.15, -0.1) is 0 Å². The number of rotatable bonds is 7. The Labute approximate surface area is 125 Å². The van der Waals surface area contributed by atoms with E-state index in [4.69, 9.17) is 10.5 Å². The Kier molecular flexibility index (Phi) is 6.48. The molecule has 1 aromatic carbocycles. The maximum atomic E-state index is 13.7. The highest BCUT2D eigenvalue weighted by Gasteiger charge is 2.36. The van der Waals surface area contributed by atoms with Crippen molar-refractivity contribution < 1.29 is 18.3 Å². The van der Waals surface area contributed by atoms with E-state index in [9.17, 15) is 13.6 Å². The van der Waals surface area contributed by atoms with E-state index >= 15 is 0 Å². The number of hydrogen-bond donors (Lipinski definition) is 1. The molecule has 21 heavy (non-hydrogen) atoms. The summed E-state index contributed by atoms with van der Waals surface area (Å²) in [5.41, 5.74) is 5.67. The Bertz CT molecular complexity index is 495. The number of hydrogen-bond acceptors (Lipinski definition) is 3. The molecular formula is C15H23F2NO2Si. The molecule has 0 heterocycles. The molecule has 118 valence electrons. The minimum absolute atomic E-state index is 0.360. The minimum Gasteiger partial charge on any atom is -0.465 e. The van der Waals surface area contributed by atoms with E-state index in [2.05, 4.69) is 0 Å². The predicted molar refractivity (Wildman–Crippen MR) is 81.4 cm³/mol. The summed E-state index contributed by atoms with van der Waals surface area (Å²) in [4.78, 5) is 11.9. The highest BCUT2D eigenvalue weighted by Crippen LogP contribution is 2.19. The summed E-state index contributed by atoms with van der Waals surface area (Å²) in [6, 6.07) is 3.84. The van der Waals surface area contributed by atoms with Crippen molar-refractivity contribution in [1.82, 2.24) is 0 Å². The van der Waals surface area contributed by atoms with Crippen molar-refractivity contribution in [3.63, 3.8) is 0 Å². The van der Waals surface area contributed by atoms with Gasteiger partial charge >= 0.3 is 5.97 Å². The topological polar surface area (TPSA) is 52.3 Å². The molecule has 1 rings (SSSR count). The molecule has 0 aliphatic heterocycles. The molecule has 0 amide bonds. The molecule has 1 unspecified atom stereocenters. The van der Waals surface area contributed by atoms with Crippen molar-refractivity contribution in [2.24, 2.45) is 5.73 Å². The molecule has 0 aromatic heterocycles. The molecule has 0 bridgehead atoms. The maximum absolute atomic E-state index is 13.7. The van der Waals surface area contributed by atoms with Crippen LogP contribution in [-0.2, 0) is 15.6 Å². The first kappa shape index (κ1) is 17.8. The molecule has 0 saturated carbocycles. The predicted octanol–water partition coefficient (Wildman–Crippen LogP) is 2.96. The largest absolute Gasteiger partial charge is 0.465 e. The van der Waals surface area contributed by atoms with Crippen molar-refractivity contribution in [2.45, 2.75) is 44.6 Å². The summed E-state index contributed by atoms with van der Waals surface area (Å²) in [5, 5.41) is 0. The fourth-order valence-electron chi connectivity index (χ4n) is 1.99. The first-order valence-corrected chi connectivity index (χ1v) is 10.4. The van der Waals surface area contributed by atoms with Gasteiger partial charge in [0.05, 0.1) is 20.3 Å². The smallest absolute Gasteiger partial charge is 0.319 e. The number of carbonyl (C=O) groups is 1. The fraction of sp³-hybridized carbons (Fsp3) is 0.533. The fourth-order valence-corrected chi connectivity index (χ4v) is 4.20. The van der Waals surface area contributed by atoms with Gasteiger partial charge in [-0.05, 0) is 24.1 Å². The van der Waals surface area contributed by atoms with Crippen molar-refractivity contribution in [3.8, 4) is 0 Å². The molecule has 0 radical (unpaired) electrons. The van der Waals surface area contributed by atoms with E-state index in [1.54, 1.807) is 0 Å². The number of carbonyl (C=O) groups excluding carboxylic acids is 1. The molecule has 1 atom stereocenters. The van der Waals surface area contributed by atoms with E-state index < -0.39 is 31.3 Å². The zero-order valence-corrected chi connectivity index (χ0v) is 13.8. The highest BCUT2D eigenvalue weighted by molar-refractivity contribution is 6.81. The number of nitrogens with two attached hydrogens (primary N) is 1. The van der Waals surface area contributed by atoms with Crippen LogP contribution in [0.2, 0.25) is 13.1 Å². The van der Waals surface area contributed by atoms with Crippen LogP contribution in [0.15, 0.2) is 18.2 Å². The Hall–Kier alpha value is -1.27. The van der Waals surface area contributed by atoms with Gasteiger partial charge in [-0.1, -0.05) is 32.5 Å². The van der Waals surface area contributed by atoms with E-state index in [1.165, 1.54) is 12.1 Å². The van der Waals surface area contributed by atoms with E-state index in [-0.39, 0.29) is 0 Å². The van der Waals surface area contributed by atoms with E-state index in [1.807, 2.05) is 20.0 Å². The number of ether oxygens (including phenoxy) is 1. The lowest BCUT2D eigenvalue weighted by Crippen LogP contribution is -2.55. The first-order valence-electron chi connectivity index (χ1n) is 7.14. The Morgan fingerprint density at radius 2 is 2.05 bits per heavy atom. The number of halogens is 2. The van der Waals surface area contributed by atoms with Gasteiger partial charge < -0.3 is 10.5 Å². The van der Waals surface area contributed by atoms with Crippen LogP contribution < -0.4 is 5.73 Å². The third-order valence-corrected chi connectivity index (χ3v) is 6.71. The summed E-state index contributed by atoms with van der Waals surface area (Å²) in [6.07, 6.45) is 1.73. The molecule has 0 aliphatic carbocycles. The van der Waals surface area contributed by atoms with E-state index in [0.717, 1.165) is 18.9 Å². The molecule has 0 aliphatic rings. The molecule has 0 saturated heterocycles. The second kappa shape index (κ2) is 7.65. The van der Waals surface area contributed by atoms with Crippen LogP contribution in [-0.4, -0.2) is 26.3 Å². The quantitative estimate of drug-likeness (QED) is 0.478. The monoisotopic (exact) mass is 315 g/mol. The average molecular weight is 315 g/mol. The van der Waals surface area contributed by atoms with Crippen LogP contribution in [0.25, 0.3) is 0 Å². The maximum Gasteiger partial charge on any atom is 0.319 e. The van der Waals surface area contributed by atoms with Gasteiger partial charge in [0.2, 0.25) is 0 Å². The standard InChI is InChI=1S/C15H23F2NO2Si/c1-4-5-8-20-15(19)14(18)21(2,3)10-11-6-7-12(16)9-13(11)17/h6-7,9,14H,4-5,8,10,18H2,1-3H3. The van der Waals surface area contributed by atoms with Crippen LogP contribution in [0, 0.1) is 11.6 Å². The third kappa shape index (κ3) is 5.21. The highest BCUT2D eigenvalue weighted by atomic mass is 28.3. The van der Waals surface area contributed by atoms with Gasteiger partial charge in [0, 0.05) is 6.07 Å². The lowest BCUT2D eigenvalue weighted by molar-refractivity contribution is -0.143. The second-order valence-corrected chi connectivity index (χ2v) is 10.9. The molecule has 6 heteroatoms. The lowest BCUT2D eigenvalue weighted by Gasteiger charge is -2.28. The van der Waals surface area contributed by atoms with Crippen molar-refractivity contribution in [2.75, 3.05) is 6.61 Å². The summed E-state index contributed by atoms with van der Waals surface area (Å²) in [6.45, 7) is 6.17. The third-order valence-electron chi connectivity index (χ3n) is 3.50. The molecular weight excluding hydrogens is 292 g/mol. The summed E-state index contributed by atoms with van der Waals surface area (Å²) in [7, 11) is -2.28. The van der Waals surface area contributed by atoms with Gasteiger partial charge in [-0.3, -0.25) is 4.79 Å². The zero-order valence-electron chi connectivity index (χ0n) is 12.8. The van der Waals surface area contributed by atoms with Crippen molar-refractivity contribution in [1.29, 1.82) is 0 Å². The van der Waals surface area contributed by atoms with Crippen LogP contribution in [0.4, 0.5) is 8.78 Å². The minimum atomic E-state index is -2.28. The molecule has 3 nitrogen and oxygen atoms in total. The molecule has 0 fully saturated rings. The normalized spacial score (nSPS) is 13.0. The van der Waals surface area contributed by atoms with Gasteiger partial charge in [0.15, 0.2) is 0 Å². The number of benzene rings is 1. The Morgan fingerprint density at radius 1 is 1.38 bits per heavy atom. The zero-order chi connectivity index (χ0) is 16.0. The van der Waals surface area contributed by atoms with Crippen LogP contribution >= 0.6 is 0 Å². The van der Waals surface area contributed by atoms with Crippen molar-refractivity contribution >= 4 is 14.0 Å². The number of esters is 1.